The zero-order valence-electron chi connectivity index (χ0n) is 14.1. The van der Waals surface area contributed by atoms with Crippen LogP contribution in [0.3, 0.4) is 0 Å². The maximum atomic E-state index is 4.67. The Morgan fingerprint density at radius 1 is 1.09 bits per heavy atom. The first-order valence-electron chi connectivity index (χ1n) is 8.58. The van der Waals surface area contributed by atoms with Crippen LogP contribution in [0, 0.1) is 6.92 Å². The molecule has 1 aliphatic rings. The minimum Gasteiger partial charge on any atom is -0.357 e. The number of aryl methyl sites for hydroxylation is 1. The summed E-state index contributed by atoms with van der Waals surface area (Å²) in [5, 5.41) is 6.77. The van der Waals surface area contributed by atoms with Crippen LogP contribution in [0.1, 0.15) is 37.3 Å². The quantitative estimate of drug-likeness (QED) is 0.626. The van der Waals surface area contributed by atoms with E-state index in [9.17, 15) is 0 Å². The van der Waals surface area contributed by atoms with Crippen LogP contribution in [-0.2, 0) is 6.54 Å². The predicted molar refractivity (Wildman–Crippen MR) is 94.3 cm³/mol. The summed E-state index contributed by atoms with van der Waals surface area (Å²) in [5.74, 6) is 0.917. The molecule has 0 radical (unpaired) electrons. The van der Waals surface area contributed by atoms with Gasteiger partial charge in [-0.1, -0.05) is 36.2 Å². The standard InChI is InChI=1S/C18H30N4/c1-3-19-18(20-11-14-22-12-5-4-6-13-22)21-15-17-9-7-16(2)8-10-17/h7-10H,3-6,11-15H2,1-2H3,(H2,19,20,21). The molecule has 1 heterocycles. The molecule has 22 heavy (non-hydrogen) atoms. The van der Waals surface area contributed by atoms with Crippen molar-refractivity contribution < 1.29 is 0 Å². The molecular weight excluding hydrogens is 272 g/mol. The van der Waals surface area contributed by atoms with Crippen LogP contribution < -0.4 is 10.6 Å². The maximum Gasteiger partial charge on any atom is 0.191 e. The van der Waals surface area contributed by atoms with Gasteiger partial charge in [0.25, 0.3) is 0 Å². The molecule has 0 unspecified atom stereocenters. The molecule has 2 N–H and O–H groups in total. The highest BCUT2D eigenvalue weighted by Crippen LogP contribution is 2.07. The Hall–Kier alpha value is -1.55. The molecule has 2 rings (SSSR count). The number of likely N-dealkylation sites (tertiary alicyclic amines) is 1. The second kappa shape index (κ2) is 9.46. The highest BCUT2D eigenvalue weighted by atomic mass is 15.2. The van der Waals surface area contributed by atoms with Gasteiger partial charge in [-0.15, -0.1) is 0 Å². The first kappa shape index (κ1) is 16.8. The Balaban J connectivity index is 1.77. The van der Waals surface area contributed by atoms with Crippen molar-refractivity contribution in [1.82, 2.24) is 15.5 Å². The molecule has 0 aliphatic carbocycles. The number of rotatable bonds is 6. The van der Waals surface area contributed by atoms with Crippen molar-refractivity contribution in [2.75, 3.05) is 32.7 Å². The molecule has 0 amide bonds. The molecule has 4 nitrogen and oxygen atoms in total. The summed E-state index contributed by atoms with van der Waals surface area (Å²) in [4.78, 5) is 7.21. The average Bonchev–Trinajstić information content (AvgIpc) is 2.55. The summed E-state index contributed by atoms with van der Waals surface area (Å²) in [6.45, 7) is 10.4. The van der Waals surface area contributed by atoms with Gasteiger partial charge < -0.3 is 15.5 Å². The molecule has 0 saturated carbocycles. The number of aliphatic imine (C=N–C) groups is 1. The monoisotopic (exact) mass is 302 g/mol. The average molecular weight is 302 g/mol. The summed E-state index contributed by atoms with van der Waals surface area (Å²) in [7, 11) is 0. The van der Waals surface area contributed by atoms with E-state index in [4.69, 9.17) is 0 Å². The molecule has 1 aromatic rings. The van der Waals surface area contributed by atoms with Gasteiger partial charge in [0, 0.05) is 19.6 Å². The van der Waals surface area contributed by atoms with E-state index in [2.05, 4.69) is 58.6 Å². The number of nitrogens with one attached hydrogen (secondary N) is 2. The molecule has 122 valence electrons. The molecular formula is C18H30N4. The van der Waals surface area contributed by atoms with Gasteiger partial charge in [-0.05, 0) is 45.3 Å². The normalized spacial score (nSPS) is 16.5. The lowest BCUT2D eigenvalue weighted by molar-refractivity contribution is 0.232. The Morgan fingerprint density at radius 2 is 1.82 bits per heavy atom. The van der Waals surface area contributed by atoms with E-state index >= 15 is 0 Å². The minimum absolute atomic E-state index is 0.722. The van der Waals surface area contributed by atoms with Crippen LogP contribution in [-0.4, -0.2) is 43.6 Å². The minimum atomic E-state index is 0.722. The van der Waals surface area contributed by atoms with E-state index in [1.165, 1.54) is 43.5 Å². The van der Waals surface area contributed by atoms with Crippen molar-refractivity contribution in [3.8, 4) is 0 Å². The molecule has 4 heteroatoms. The molecule has 1 fully saturated rings. The Labute approximate surface area is 135 Å². The van der Waals surface area contributed by atoms with Crippen LogP contribution in [0.15, 0.2) is 29.3 Å². The first-order valence-corrected chi connectivity index (χ1v) is 8.58. The molecule has 0 bridgehead atoms. The molecule has 0 aromatic heterocycles. The summed E-state index contributed by atoms with van der Waals surface area (Å²) in [6, 6.07) is 8.58. The van der Waals surface area contributed by atoms with Crippen LogP contribution in [0.25, 0.3) is 0 Å². The second-order valence-electron chi connectivity index (χ2n) is 6.01. The third kappa shape index (κ3) is 6.06. The fourth-order valence-electron chi connectivity index (χ4n) is 2.72. The van der Waals surface area contributed by atoms with Gasteiger partial charge in [-0.3, -0.25) is 0 Å². The fraction of sp³-hybridized carbons (Fsp3) is 0.611. The van der Waals surface area contributed by atoms with Gasteiger partial charge in [0.15, 0.2) is 5.96 Å². The van der Waals surface area contributed by atoms with E-state index in [0.717, 1.165) is 32.1 Å². The molecule has 0 spiro atoms. The van der Waals surface area contributed by atoms with Gasteiger partial charge in [0.1, 0.15) is 0 Å². The lowest BCUT2D eigenvalue weighted by atomic mass is 10.1. The summed E-state index contributed by atoms with van der Waals surface area (Å²) in [6.07, 6.45) is 4.09. The van der Waals surface area contributed by atoms with Crippen LogP contribution in [0.4, 0.5) is 0 Å². The van der Waals surface area contributed by atoms with E-state index < -0.39 is 0 Å². The Kier molecular flexibility index (Phi) is 7.23. The number of piperidine rings is 1. The highest BCUT2D eigenvalue weighted by Gasteiger charge is 2.09. The lowest BCUT2D eigenvalue weighted by Crippen LogP contribution is -2.42. The van der Waals surface area contributed by atoms with Gasteiger partial charge in [0.05, 0.1) is 6.54 Å². The van der Waals surface area contributed by atoms with E-state index in [0.29, 0.717) is 0 Å². The van der Waals surface area contributed by atoms with E-state index in [1.807, 2.05) is 0 Å². The van der Waals surface area contributed by atoms with Gasteiger partial charge in [0.2, 0.25) is 0 Å². The number of hydrogen-bond donors (Lipinski definition) is 2. The van der Waals surface area contributed by atoms with Crippen LogP contribution in [0.5, 0.6) is 0 Å². The zero-order valence-corrected chi connectivity index (χ0v) is 14.1. The van der Waals surface area contributed by atoms with Crippen molar-refractivity contribution in [2.45, 2.75) is 39.7 Å². The topological polar surface area (TPSA) is 39.7 Å². The Bertz CT molecular complexity index is 447. The van der Waals surface area contributed by atoms with Crippen molar-refractivity contribution in [3.63, 3.8) is 0 Å². The SMILES string of the molecule is CCNC(=NCc1ccc(C)cc1)NCCN1CCCCC1. The van der Waals surface area contributed by atoms with Gasteiger partial charge in [-0.25, -0.2) is 4.99 Å². The van der Waals surface area contributed by atoms with Crippen molar-refractivity contribution >= 4 is 5.96 Å². The lowest BCUT2D eigenvalue weighted by Gasteiger charge is -2.26. The number of hydrogen-bond acceptors (Lipinski definition) is 2. The number of guanidine groups is 1. The zero-order chi connectivity index (χ0) is 15.6. The van der Waals surface area contributed by atoms with E-state index in [-0.39, 0.29) is 0 Å². The first-order chi connectivity index (χ1) is 10.8. The third-order valence-electron chi connectivity index (χ3n) is 4.05. The van der Waals surface area contributed by atoms with Crippen molar-refractivity contribution in [1.29, 1.82) is 0 Å². The van der Waals surface area contributed by atoms with Gasteiger partial charge in [-0.2, -0.15) is 0 Å². The fourth-order valence-corrected chi connectivity index (χ4v) is 2.72. The molecule has 1 saturated heterocycles. The summed E-state index contributed by atoms with van der Waals surface area (Å²) in [5.41, 5.74) is 2.54. The Morgan fingerprint density at radius 3 is 2.50 bits per heavy atom. The van der Waals surface area contributed by atoms with Crippen LogP contribution >= 0.6 is 0 Å². The van der Waals surface area contributed by atoms with E-state index in [1.54, 1.807) is 0 Å². The number of benzene rings is 1. The van der Waals surface area contributed by atoms with Crippen molar-refractivity contribution in [2.24, 2.45) is 4.99 Å². The number of nitrogens with zero attached hydrogens (tertiary/aromatic N) is 2. The van der Waals surface area contributed by atoms with Crippen molar-refractivity contribution in [3.05, 3.63) is 35.4 Å². The second-order valence-corrected chi connectivity index (χ2v) is 6.01. The predicted octanol–water partition coefficient (Wildman–Crippen LogP) is 2.54. The van der Waals surface area contributed by atoms with Crippen LogP contribution in [0.2, 0.25) is 0 Å². The summed E-state index contributed by atoms with van der Waals surface area (Å²) >= 11 is 0. The largest absolute Gasteiger partial charge is 0.357 e. The van der Waals surface area contributed by atoms with Gasteiger partial charge >= 0.3 is 0 Å². The third-order valence-corrected chi connectivity index (χ3v) is 4.05. The molecule has 0 atom stereocenters. The molecule has 1 aliphatic heterocycles. The smallest absolute Gasteiger partial charge is 0.191 e. The highest BCUT2D eigenvalue weighted by molar-refractivity contribution is 5.79. The molecule has 1 aromatic carbocycles. The summed E-state index contributed by atoms with van der Waals surface area (Å²) < 4.78 is 0. The maximum absolute atomic E-state index is 4.67.